The van der Waals surface area contributed by atoms with Crippen molar-refractivity contribution in [3.05, 3.63) is 65.9 Å². The molecule has 0 atom stereocenters. The fraction of sp³-hybridized carbons (Fsp3) is 0.273. The van der Waals surface area contributed by atoms with Gasteiger partial charge in [-0.05, 0) is 17.7 Å². The molecule has 0 unspecified atom stereocenters. The van der Waals surface area contributed by atoms with E-state index in [1.54, 1.807) is 6.20 Å². The Morgan fingerprint density at radius 3 is 2.62 bits per heavy atom. The number of aromatic nitrogens is 2. The number of hydrogen-bond donors (Lipinski definition) is 1. The van der Waals surface area contributed by atoms with Crippen molar-refractivity contribution in [3.63, 3.8) is 0 Å². The van der Waals surface area contributed by atoms with Gasteiger partial charge in [-0.2, -0.15) is 5.10 Å². The molecule has 1 aromatic heterocycles. The Balaban J connectivity index is 1.22. The first-order valence-corrected chi connectivity index (χ1v) is 9.77. The van der Waals surface area contributed by atoms with Gasteiger partial charge in [0.1, 0.15) is 0 Å². The van der Waals surface area contributed by atoms with E-state index in [0.717, 1.165) is 42.4 Å². The highest BCUT2D eigenvalue weighted by Crippen LogP contribution is 2.33. The summed E-state index contributed by atoms with van der Waals surface area (Å²) in [6.07, 6.45) is 1.63. The number of fused-ring (bicyclic) bond motifs is 1. The smallest absolute Gasteiger partial charge is 0.257 e. The molecule has 5 rings (SSSR count). The quantitative estimate of drug-likeness (QED) is 0.742. The molecule has 3 aromatic rings. The van der Waals surface area contributed by atoms with Crippen LogP contribution in [0.2, 0.25) is 0 Å². The molecule has 2 aliphatic rings. The molecule has 0 aliphatic carbocycles. The van der Waals surface area contributed by atoms with Crippen LogP contribution in [0.5, 0.6) is 11.5 Å². The topological polar surface area (TPSA) is 70.7 Å². The minimum absolute atomic E-state index is 0.0281. The fourth-order valence-electron chi connectivity index (χ4n) is 3.85. The molecule has 0 radical (unpaired) electrons. The minimum atomic E-state index is 0.0281. The SMILES string of the molecule is O=C(c1cn[nH]c1-c1ccccc1)N1CCN(Cc2ccc3c(c2)OCO3)CC1. The maximum atomic E-state index is 13.1. The molecule has 29 heavy (non-hydrogen) atoms. The molecule has 0 spiro atoms. The molecule has 1 fully saturated rings. The number of carbonyl (C=O) groups excluding carboxylic acids is 1. The van der Waals surface area contributed by atoms with Crippen molar-refractivity contribution in [2.24, 2.45) is 0 Å². The summed E-state index contributed by atoms with van der Waals surface area (Å²) in [6.45, 7) is 4.18. The lowest BCUT2D eigenvalue weighted by Gasteiger charge is -2.34. The molecule has 0 saturated carbocycles. The third kappa shape index (κ3) is 3.56. The van der Waals surface area contributed by atoms with Gasteiger partial charge < -0.3 is 14.4 Å². The molecule has 1 saturated heterocycles. The van der Waals surface area contributed by atoms with Crippen LogP contribution in [0.3, 0.4) is 0 Å². The third-order valence-electron chi connectivity index (χ3n) is 5.43. The van der Waals surface area contributed by atoms with E-state index in [1.165, 1.54) is 5.56 Å². The van der Waals surface area contributed by atoms with Gasteiger partial charge in [0.05, 0.1) is 17.5 Å². The molecule has 1 N–H and O–H groups in total. The summed E-state index contributed by atoms with van der Waals surface area (Å²) in [6, 6.07) is 15.9. The normalized spacial score (nSPS) is 16.2. The number of benzene rings is 2. The predicted octanol–water partition coefficient (Wildman–Crippen LogP) is 2.76. The van der Waals surface area contributed by atoms with Crippen LogP contribution in [0.1, 0.15) is 15.9 Å². The first kappa shape index (κ1) is 17.8. The van der Waals surface area contributed by atoms with E-state index in [-0.39, 0.29) is 5.91 Å². The Labute approximate surface area is 168 Å². The van der Waals surface area contributed by atoms with Crippen molar-refractivity contribution in [2.45, 2.75) is 6.54 Å². The first-order valence-electron chi connectivity index (χ1n) is 9.77. The molecule has 7 nitrogen and oxygen atoms in total. The molecule has 3 heterocycles. The van der Waals surface area contributed by atoms with Crippen molar-refractivity contribution in [2.75, 3.05) is 33.0 Å². The summed E-state index contributed by atoms with van der Waals surface area (Å²) in [5.41, 5.74) is 3.56. The zero-order valence-electron chi connectivity index (χ0n) is 16.0. The Morgan fingerprint density at radius 2 is 1.79 bits per heavy atom. The number of hydrogen-bond acceptors (Lipinski definition) is 5. The average molecular weight is 390 g/mol. The van der Waals surface area contributed by atoms with Gasteiger partial charge in [0.2, 0.25) is 6.79 Å². The van der Waals surface area contributed by atoms with Gasteiger partial charge in [0.25, 0.3) is 5.91 Å². The van der Waals surface area contributed by atoms with Crippen LogP contribution in [0, 0.1) is 0 Å². The van der Waals surface area contributed by atoms with Crippen molar-refractivity contribution in [1.82, 2.24) is 20.0 Å². The van der Waals surface area contributed by atoms with Gasteiger partial charge in [-0.25, -0.2) is 0 Å². The zero-order chi connectivity index (χ0) is 19.6. The number of aromatic amines is 1. The Bertz CT molecular complexity index is 1010. The second kappa shape index (κ2) is 7.60. The van der Waals surface area contributed by atoms with Gasteiger partial charge in [-0.15, -0.1) is 0 Å². The van der Waals surface area contributed by atoms with E-state index in [2.05, 4.69) is 21.2 Å². The van der Waals surface area contributed by atoms with Crippen LogP contribution in [-0.2, 0) is 6.54 Å². The van der Waals surface area contributed by atoms with Gasteiger partial charge in [-0.1, -0.05) is 36.4 Å². The van der Waals surface area contributed by atoms with Crippen molar-refractivity contribution in [1.29, 1.82) is 0 Å². The maximum absolute atomic E-state index is 13.1. The van der Waals surface area contributed by atoms with Crippen LogP contribution in [0.15, 0.2) is 54.7 Å². The number of amides is 1. The monoisotopic (exact) mass is 390 g/mol. The van der Waals surface area contributed by atoms with Crippen LogP contribution in [-0.4, -0.2) is 58.9 Å². The lowest BCUT2D eigenvalue weighted by atomic mass is 10.1. The van der Waals surface area contributed by atoms with E-state index in [4.69, 9.17) is 9.47 Å². The lowest BCUT2D eigenvalue weighted by Crippen LogP contribution is -2.48. The summed E-state index contributed by atoms with van der Waals surface area (Å²) >= 11 is 0. The Hall–Kier alpha value is -3.32. The van der Waals surface area contributed by atoms with E-state index in [0.29, 0.717) is 25.4 Å². The number of ether oxygens (including phenoxy) is 2. The maximum Gasteiger partial charge on any atom is 0.257 e. The van der Waals surface area contributed by atoms with Gasteiger partial charge in [0.15, 0.2) is 11.5 Å². The number of rotatable bonds is 4. The highest BCUT2D eigenvalue weighted by Gasteiger charge is 2.25. The second-order valence-corrected chi connectivity index (χ2v) is 7.28. The van der Waals surface area contributed by atoms with Crippen LogP contribution in [0.4, 0.5) is 0 Å². The Morgan fingerprint density at radius 1 is 1.00 bits per heavy atom. The number of nitrogens with zero attached hydrogens (tertiary/aromatic N) is 3. The van der Waals surface area contributed by atoms with Gasteiger partial charge >= 0.3 is 0 Å². The van der Waals surface area contributed by atoms with E-state index in [9.17, 15) is 4.79 Å². The van der Waals surface area contributed by atoms with Crippen LogP contribution in [0.25, 0.3) is 11.3 Å². The van der Waals surface area contributed by atoms with Gasteiger partial charge in [-0.3, -0.25) is 14.8 Å². The van der Waals surface area contributed by atoms with Crippen molar-refractivity contribution < 1.29 is 14.3 Å². The fourth-order valence-corrected chi connectivity index (χ4v) is 3.85. The molecule has 2 aromatic carbocycles. The van der Waals surface area contributed by atoms with E-state index < -0.39 is 0 Å². The molecule has 1 amide bonds. The Kier molecular flexibility index (Phi) is 4.65. The first-order chi connectivity index (χ1) is 14.3. The van der Waals surface area contributed by atoms with Gasteiger partial charge in [0, 0.05) is 38.3 Å². The molecule has 2 aliphatic heterocycles. The van der Waals surface area contributed by atoms with Crippen molar-refractivity contribution >= 4 is 5.91 Å². The molecule has 0 bridgehead atoms. The minimum Gasteiger partial charge on any atom is -0.454 e. The third-order valence-corrected chi connectivity index (χ3v) is 5.43. The highest BCUT2D eigenvalue weighted by molar-refractivity contribution is 5.99. The van der Waals surface area contributed by atoms with E-state index >= 15 is 0 Å². The lowest BCUT2D eigenvalue weighted by molar-refractivity contribution is 0.0629. The molecule has 148 valence electrons. The molecular weight excluding hydrogens is 368 g/mol. The number of piperazine rings is 1. The highest BCUT2D eigenvalue weighted by atomic mass is 16.7. The van der Waals surface area contributed by atoms with Crippen LogP contribution >= 0.6 is 0 Å². The summed E-state index contributed by atoms with van der Waals surface area (Å²) < 4.78 is 10.8. The number of carbonyl (C=O) groups is 1. The predicted molar refractivity (Wildman–Crippen MR) is 108 cm³/mol. The van der Waals surface area contributed by atoms with Crippen molar-refractivity contribution in [3.8, 4) is 22.8 Å². The molecule has 7 heteroatoms. The standard InChI is InChI=1S/C22H22N4O3/c27-22(18-13-23-24-21(18)17-4-2-1-3-5-17)26-10-8-25(9-11-26)14-16-6-7-19-20(12-16)29-15-28-19/h1-7,12-13H,8-11,14-15H2,(H,23,24). The largest absolute Gasteiger partial charge is 0.454 e. The zero-order valence-corrected chi connectivity index (χ0v) is 16.0. The average Bonchev–Trinajstić information content (AvgIpc) is 3.44. The second-order valence-electron chi connectivity index (χ2n) is 7.28. The number of nitrogens with one attached hydrogen (secondary N) is 1. The summed E-state index contributed by atoms with van der Waals surface area (Å²) in [7, 11) is 0. The summed E-state index contributed by atoms with van der Waals surface area (Å²) in [5.74, 6) is 1.64. The number of H-pyrrole nitrogens is 1. The summed E-state index contributed by atoms with van der Waals surface area (Å²) in [5, 5.41) is 7.08. The summed E-state index contributed by atoms with van der Waals surface area (Å²) in [4.78, 5) is 17.3. The van der Waals surface area contributed by atoms with Crippen LogP contribution < -0.4 is 9.47 Å². The molecular formula is C22H22N4O3. The van der Waals surface area contributed by atoms with E-state index in [1.807, 2.05) is 47.4 Å².